The highest BCUT2D eigenvalue weighted by Crippen LogP contribution is 2.34. The van der Waals surface area contributed by atoms with E-state index < -0.39 is 23.5 Å². The molecule has 1 heterocycles. The third-order valence-electron chi connectivity index (χ3n) is 3.54. The Morgan fingerprint density at radius 1 is 1.19 bits per heavy atom. The molecule has 0 aromatic heterocycles. The van der Waals surface area contributed by atoms with Crippen molar-refractivity contribution >= 4 is 40.7 Å². The van der Waals surface area contributed by atoms with E-state index in [9.17, 15) is 19.8 Å². The van der Waals surface area contributed by atoms with Crippen LogP contribution in [0.5, 0.6) is 5.75 Å². The Hall–Kier alpha value is -3.13. The van der Waals surface area contributed by atoms with Gasteiger partial charge in [-0.2, -0.15) is 5.10 Å². The number of aromatic hydroxyl groups is 1. The molecule has 1 fully saturated rings. The topological polar surface area (TPSA) is 105 Å². The van der Waals surface area contributed by atoms with Gasteiger partial charge in [0.25, 0.3) is 0 Å². The van der Waals surface area contributed by atoms with E-state index in [2.05, 4.69) is 10.2 Å². The highest BCUT2D eigenvalue weighted by atomic mass is 32.2. The van der Waals surface area contributed by atoms with E-state index in [0.29, 0.717) is 5.69 Å². The fourth-order valence-electron chi connectivity index (χ4n) is 2.34. The van der Waals surface area contributed by atoms with Gasteiger partial charge in [0.05, 0.1) is 17.2 Å². The van der Waals surface area contributed by atoms with Crippen LogP contribution >= 0.6 is 11.8 Å². The molecule has 132 valence electrons. The number of carbonyl (C=O) groups excluding carboxylic acids is 2. The van der Waals surface area contributed by atoms with Crippen molar-refractivity contribution in [1.29, 1.82) is 0 Å². The molecule has 0 saturated carbocycles. The molecule has 2 aromatic carbocycles. The smallest absolute Gasteiger partial charge is 0.247 e. The molecule has 0 spiro atoms. The third kappa shape index (κ3) is 4.09. The summed E-state index contributed by atoms with van der Waals surface area (Å²) >= 11 is 1.02. The van der Waals surface area contributed by atoms with E-state index in [0.717, 1.165) is 17.3 Å². The fourth-order valence-corrected chi connectivity index (χ4v) is 3.42. The number of thioether (sulfide) groups is 1. The second-order valence-corrected chi connectivity index (χ2v) is 6.58. The standard InChI is InChI=1S/C18H15N3O4S/c22-14-8-6-13(7-9-14)21-17(25)15(10-16(23)24)26-18(21)20-19-11-12-4-2-1-3-5-12/h1-9,11,15,22H,10H2,(H,23,24)/p-1/b19-11+,20-18+/t15-/m1/s1. The van der Waals surface area contributed by atoms with Gasteiger partial charge in [0.1, 0.15) is 5.75 Å². The quantitative estimate of drug-likeness (QED) is 0.634. The summed E-state index contributed by atoms with van der Waals surface area (Å²) in [7, 11) is 0. The van der Waals surface area contributed by atoms with Crippen LogP contribution in [0.1, 0.15) is 12.0 Å². The summed E-state index contributed by atoms with van der Waals surface area (Å²) < 4.78 is 0. The average molecular weight is 368 g/mol. The van der Waals surface area contributed by atoms with E-state index in [1.165, 1.54) is 17.0 Å². The Balaban J connectivity index is 1.90. The first-order chi connectivity index (χ1) is 12.5. The fraction of sp³-hybridized carbons (Fsp3) is 0.111. The van der Waals surface area contributed by atoms with Crippen LogP contribution in [0.25, 0.3) is 0 Å². The lowest BCUT2D eigenvalue weighted by atomic mass is 10.2. The number of amidine groups is 1. The van der Waals surface area contributed by atoms with E-state index in [1.807, 2.05) is 30.3 Å². The lowest BCUT2D eigenvalue weighted by Gasteiger charge is -2.16. The third-order valence-corrected chi connectivity index (χ3v) is 4.67. The van der Waals surface area contributed by atoms with Crippen molar-refractivity contribution in [2.24, 2.45) is 10.2 Å². The Kier molecular flexibility index (Phi) is 5.33. The van der Waals surface area contributed by atoms with E-state index >= 15 is 0 Å². The molecule has 0 radical (unpaired) electrons. The maximum absolute atomic E-state index is 12.6. The monoisotopic (exact) mass is 368 g/mol. The number of amides is 1. The number of phenols is 1. The number of carboxylic acids is 1. The van der Waals surface area contributed by atoms with Crippen molar-refractivity contribution in [2.45, 2.75) is 11.7 Å². The lowest BCUT2D eigenvalue weighted by Crippen LogP contribution is -2.35. The molecular formula is C18H14N3O4S-. The zero-order valence-corrected chi connectivity index (χ0v) is 14.3. The number of aliphatic carboxylic acids is 1. The van der Waals surface area contributed by atoms with Crippen LogP contribution < -0.4 is 10.0 Å². The Morgan fingerprint density at radius 2 is 1.88 bits per heavy atom. The van der Waals surface area contributed by atoms with E-state index in [1.54, 1.807) is 18.3 Å². The Morgan fingerprint density at radius 3 is 2.54 bits per heavy atom. The molecule has 2 aromatic rings. The number of rotatable bonds is 5. The summed E-state index contributed by atoms with van der Waals surface area (Å²) in [4.78, 5) is 24.8. The maximum atomic E-state index is 12.6. The first kappa shape index (κ1) is 17.7. The predicted octanol–water partition coefficient (Wildman–Crippen LogP) is 1.37. The summed E-state index contributed by atoms with van der Waals surface area (Å²) in [5.41, 5.74) is 1.31. The maximum Gasteiger partial charge on any atom is 0.247 e. The molecular weight excluding hydrogens is 354 g/mol. The Bertz CT molecular complexity index is 866. The van der Waals surface area contributed by atoms with Gasteiger partial charge in [-0.3, -0.25) is 9.69 Å². The lowest BCUT2D eigenvalue weighted by molar-refractivity contribution is -0.305. The number of carboxylic acid groups (broad SMARTS) is 1. The van der Waals surface area contributed by atoms with Gasteiger partial charge < -0.3 is 15.0 Å². The minimum Gasteiger partial charge on any atom is -0.550 e. The number of hydrogen-bond donors (Lipinski definition) is 1. The molecule has 8 heteroatoms. The van der Waals surface area contributed by atoms with Gasteiger partial charge in [0.15, 0.2) is 5.17 Å². The van der Waals surface area contributed by atoms with Crippen LogP contribution in [-0.2, 0) is 9.59 Å². The number of anilines is 1. The highest BCUT2D eigenvalue weighted by Gasteiger charge is 2.39. The molecule has 1 aliphatic rings. The van der Waals surface area contributed by atoms with Crippen LogP contribution in [0, 0.1) is 0 Å². The van der Waals surface area contributed by atoms with Crippen LogP contribution in [-0.4, -0.2) is 33.6 Å². The van der Waals surface area contributed by atoms with Gasteiger partial charge >= 0.3 is 0 Å². The molecule has 0 bridgehead atoms. The molecule has 0 unspecified atom stereocenters. The molecule has 7 nitrogen and oxygen atoms in total. The number of phenolic OH excluding ortho intramolecular Hbond substituents is 1. The van der Waals surface area contributed by atoms with Crippen molar-refractivity contribution in [2.75, 3.05) is 4.90 Å². The van der Waals surface area contributed by atoms with Crippen molar-refractivity contribution in [3.8, 4) is 5.75 Å². The van der Waals surface area contributed by atoms with E-state index in [4.69, 9.17) is 0 Å². The van der Waals surface area contributed by atoms with Gasteiger partial charge in [-0.05, 0) is 29.8 Å². The zero-order chi connectivity index (χ0) is 18.5. The summed E-state index contributed by atoms with van der Waals surface area (Å²) in [5, 5.41) is 27.8. The molecule has 1 amide bonds. The molecule has 3 rings (SSSR count). The van der Waals surface area contributed by atoms with Crippen LogP contribution in [0.2, 0.25) is 0 Å². The largest absolute Gasteiger partial charge is 0.550 e. The molecule has 0 aliphatic carbocycles. The van der Waals surface area contributed by atoms with E-state index in [-0.39, 0.29) is 10.9 Å². The van der Waals surface area contributed by atoms with Gasteiger partial charge in [0.2, 0.25) is 5.91 Å². The first-order valence-electron chi connectivity index (χ1n) is 7.70. The highest BCUT2D eigenvalue weighted by molar-refractivity contribution is 8.16. The Labute approximate surface area is 153 Å². The second-order valence-electron chi connectivity index (χ2n) is 5.41. The molecule has 1 N–H and O–H groups in total. The van der Waals surface area contributed by atoms with Crippen molar-refractivity contribution in [3.63, 3.8) is 0 Å². The molecule has 1 atom stereocenters. The van der Waals surface area contributed by atoms with Crippen molar-refractivity contribution in [1.82, 2.24) is 0 Å². The number of hydrogen-bond acceptors (Lipinski definition) is 7. The first-order valence-corrected chi connectivity index (χ1v) is 8.58. The van der Waals surface area contributed by atoms with Gasteiger partial charge in [-0.1, -0.05) is 42.1 Å². The summed E-state index contributed by atoms with van der Waals surface area (Å²) in [6.07, 6.45) is 1.12. The average Bonchev–Trinajstić information content (AvgIpc) is 2.92. The second kappa shape index (κ2) is 7.83. The zero-order valence-electron chi connectivity index (χ0n) is 13.5. The van der Waals surface area contributed by atoms with Crippen molar-refractivity contribution in [3.05, 3.63) is 60.2 Å². The van der Waals surface area contributed by atoms with Crippen LogP contribution in [0.3, 0.4) is 0 Å². The normalized spacial score (nSPS) is 18.8. The van der Waals surface area contributed by atoms with Crippen LogP contribution in [0.15, 0.2) is 64.8 Å². The number of nitrogens with zero attached hydrogens (tertiary/aromatic N) is 3. The predicted molar refractivity (Wildman–Crippen MR) is 98.1 cm³/mol. The summed E-state index contributed by atoms with van der Waals surface area (Å²) in [6, 6.07) is 15.3. The minimum atomic E-state index is -1.31. The SMILES string of the molecule is O=C([O-])C[C@H]1S/C(=N/N=C/c2ccccc2)N(c2ccc(O)cc2)C1=O. The number of carbonyl (C=O) groups is 2. The van der Waals surface area contributed by atoms with Crippen LogP contribution in [0.4, 0.5) is 5.69 Å². The van der Waals surface area contributed by atoms with Gasteiger partial charge in [0, 0.05) is 12.4 Å². The summed E-state index contributed by atoms with van der Waals surface area (Å²) in [5.74, 6) is -1.67. The minimum absolute atomic E-state index is 0.0555. The van der Waals surface area contributed by atoms with Gasteiger partial charge in [-0.15, -0.1) is 5.10 Å². The van der Waals surface area contributed by atoms with Gasteiger partial charge in [-0.25, -0.2) is 0 Å². The van der Waals surface area contributed by atoms with Crippen molar-refractivity contribution < 1.29 is 19.8 Å². The molecule has 26 heavy (non-hydrogen) atoms. The summed E-state index contributed by atoms with van der Waals surface area (Å²) in [6.45, 7) is 0. The molecule has 1 aliphatic heterocycles. The molecule has 1 saturated heterocycles. The number of benzene rings is 2.